The van der Waals surface area contributed by atoms with Crippen LogP contribution in [0.3, 0.4) is 0 Å². The number of rotatable bonds is 0. The van der Waals surface area contributed by atoms with Crippen molar-refractivity contribution in [2.24, 2.45) is 0 Å². The molecule has 0 bridgehead atoms. The lowest BCUT2D eigenvalue weighted by atomic mass is 9.80. The Morgan fingerprint density at radius 2 is 1.30 bits per heavy atom. The molecule has 0 nitrogen and oxygen atoms in total. The van der Waals surface area contributed by atoms with Gasteiger partial charge in [-0.05, 0) is 55.9 Å². The minimum Gasteiger partial charge on any atom is -0.0619 e. The lowest BCUT2D eigenvalue weighted by Gasteiger charge is -2.23. The summed E-state index contributed by atoms with van der Waals surface area (Å²) >= 11 is 0. The molecule has 0 unspecified atom stereocenters. The number of fused-ring (bicyclic) bond motifs is 6. The molecular weight excluding hydrogens is 276 g/mol. The lowest BCUT2D eigenvalue weighted by molar-refractivity contribution is 0.666. The largest absolute Gasteiger partial charge is 0.0619 e. The van der Waals surface area contributed by atoms with Gasteiger partial charge in [0, 0.05) is 5.41 Å². The predicted molar refractivity (Wildman–Crippen MR) is 99.0 cm³/mol. The van der Waals surface area contributed by atoms with Crippen molar-refractivity contribution in [3.63, 3.8) is 0 Å². The Morgan fingerprint density at radius 1 is 0.609 bits per heavy atom. The van der Waals surface area contributed by atoms with Gasteiger partial charge in [0.1, 0.15) is 0 Å². The van der Waals surface area contributed by atoms with Crippen LogP contribution in [-0.2, 0) is 5.41 Å². The first kappa shape index (κ1) is 12.9. The van der Waals surface area contributed by atoms with Gasteiger partial charge in [-0.1, -0.05) is 74.5 Å². The molecule has 0 spiro atoms. The van der Waals surface area contributed by atoms with E-state index in [1.165, 1.54) is 43.8 Å². The lowest BCUT2D eigenvalue weighted by Crippen LogP contribution is -2.15. The summed E-state index contributed by atoms with van der Waals surface area (Å²) in [6, 6.07) is 26.8. The maximum atomic E-state index is 2.37. The van der Waals surface area contributed by atoms with Crippen molar-refractivity contribution in [2.45, 2.75) is 19.3 Å². The third-order valence-electron chi connectivity index (χ3n) is 5.40. The summed E-state index contributed by atoms with van der Waals surface area (Å²) in [5.74, 6) is 0. The standard InChI is InChI=1S/C23H18/c1-23(2)21-10-6-5-9-18(21)19-12-11-17-13-15-7-3-4-8-16(15)14-20(17)22(19)23/h3-14H,1-2H3. The molecule has 4 aromatic rings. The van der Waals surface area contributed by atoms with E-state index in [-0.39, 0.29) is 5.41 Å². The molecular formula is C23H18. The third kappa shape index (κ3) is 1.61. The van der Waals surface area contributed by atoms with Crippen molar-refractivity contribution in [3.05, 3.63) is 83.9 Å². The van der Waals surface area contributed by atoms with E-state index in [0.717, 1.165) is 0 Å². The number of benzene rings is 4. The Bertz CT molecular complexity index is 1080. The van der Waals surface area contributed by atoms with Gasteiger partial charge in [-0.2, -0.15) is 0 Å². The van der Waals surface area contributed by atoms with E-state index in [9.17, 15) is 0 Å². The van der Waals surface area contributed by atoms with Crippen LogP contribution in [0.2, 0.25) is 0 Å². The Balaban J connectivity index is 1.96. The second-order valence-electron chi connectivity index (χ2n) is 7.08. The van der Waals surface area contributed by atoms with Crippen molar-refractivity contribution in [1.82, 2.24) is 0 Å². The highest BCUT2D eigenvalue weighted by atomic mass is 14.4. The number of hydrogen-bond donors (Lipinski definition) is 0. The van der Waals surface area contributed by atoms with Crippen molar-refractivity contribution >= 4 is 21.5 Å². The van der Waals surface area contributed by atoms with Crippen LogP contribution < -0.4 is 0 Å². The zero-order valence-corrected chi connectivity index (χ0v) is 13.4. The van der Waals surface area contributed by atoms with Gasteiger partial charge in [0.05, 0.1) is 0 Å². The minimum absolute atomic E-state index is 0.0495. The molecule has 110 valence electrons. The molecule has 23 heavy (non-hydrogen) atoms. The molecule has 1 aliphatic rings. The summed E-state index contributed by atoms with van der Waals surface area (Å²) in [6.45, 7) is 4.71. The summed E-state index contributed by atoms with van der Waals surface area (Å²) in [4.78, 5) is 0. The highest BCUT2D eigenvalue weighted by Crippen LogP contribution is 2.51. The fraction of sp³-hybridized carbons (Fsp3) is 0.130. The van der Waals surface area contributed by atoms with Crippen molar-refractivity contribution in [3.8, 4) is 11.1 Å². The van der Waals surface area contributed by atoms with Gasteiger partial charge >= 0.3 is 0 Å². The maximum Gasteiger partial charge on any atom is 0.0165 e. The second-order valence-corrected chi connectivity index (χ2v) is 7.08. The summed E-state index contributed by atoms with van der Waals surface area (Å²) in [5, 5.41) is 5.36. The molecule has 0 heteroatoms. The third-order valence-corrected chi connectivity index (χ3v) is 5.40. The quantitative estimate of drug-likeness (QED) is 0.334. The first-order valence-corrected chi connectivity index (χ1v) is 8.22. The van der Waals surface area contributed by atoms with E-state index in [0.29, 0.717) is 0 Å². The van der Waals surface area contributed by atoms with Gasteiger partial charge in [-0.3, -0.25) is 0 Å². The molecule has 4 aromatic carbocycles. The van der Waals surface area contributed by atoms with Gasteiger partial charge in [-0.25, -0.2) is 0 Å². The highest BCUT2D eigenvalue weighted by Gasteiger charge is 2.36. The Kier molecular flexibility index (Phi) is 2.37. The van der Waals surface area contributed by atoms with E-state index < -0.39 is 0 Å². The Hall–Kier alpha value is -2.60. The van der Waals surface area contributed by atoms with Crippen LogP contribution in [0.25, 0.3) is 32.7 Å². The van der Waals surface area contributed by atoms with E-state index in [1.54, 1.807) is 0 Å². The molecule has 1 aliphatic carbocycles. The molecule has 0 saturated heterocycles. The fourth-order valence-electron chi connectivity index (χ4n) is 4.31. The molecule has 0 N–H and O–H groups in total. The van der Waals surface area contributed by atoms with Crippen LogP contribution in [0, 0.1) is 0 Å². The normalized spacial score (nSPS) is 14.9. The summed E-state index contributed by atoms with van der Waals surface area (Å²) in [7, 11) is 0. The average molecular weight is 294 g/mol. The van der Waals surface area contributed by atoms with Crippen LogP contribution in [0.1, 0.15) is 25.0 Å². The minimum atomic E-state index is 0.0495. The van der Waals surface area contributed by atoms with Crippen LogP contribution >= 0.6 is 0 Å². The van der Waals surface area contributed by atoms with Crippen molar-refractivity contribution in [1.29, 1.82) is 0 Å². The fourth-order valence-corrected chi connectivity index (χ4v) is 4.31. The van der Waals surface area contributed by atoms with E-state index in [2.05, 4.69) is 86.6 Å². The van der Waals surface area contributed by atoms with Crippen LogP contribution in [0.4, 0.5) is 0 Å². The molecule has 0 atom stereocenters. The number of hydrogen-bond acceptors (Lipinski definition) is 0. The highest BCUT2D eigenvalue weighted by molar-refractivity contribution is 6.04. The van der Waals surface area contributed by atoms with Gasteiger partial charge in [-0.15, -0.1) is 0 Å². The van der Waals surface area contributed by atoms with Crippen molar-refractivity contribution in [2.75, 3.05) is 0 Å². The van der Waals surface area contributed by atoms with Crippen LogP contribution in [0.15, 0.2) is 72.8 Å². The summed E-state index contributed by atoms with van der Waals surface area (Å²) < 4.78 is 0. The van der Waals surface area contributed by atoms with Gasteiger partial charge in [0.2, 0.25) is 0 Å². The van der Waals surface area contributed by atoms with Gasteiger partial charge in [0.25, 0.3) is 0 Å². The zero-order valence-electron chi connectivity index (χ0n) is 13.4. The zero-order chi connectivity index (χ0) is 15.6. The summed E-state index contributed by atoms with van der Waals surface area (Å²) in [5.41, 5.74) is 5.75. The molecule has 0 aliphatic heterocycles. The Labute approximate surface area is 136 Å². The Morgan fingerprint density at radius 3 is 2.13 bits per heavy atom. The molecule has 0 amide bonds. The van der Waals surface area contributed by atoms with Crippen molar-refractivity contribution < 1.29 is 0 Å². The van der Waals surface area contributed by atoms with Crippen LogP contribution in [0.5, 0.6) is 0 Å². The molecule has 5 rings (SSSR count). The summed E-state index contributed by atoms with van der Waals surface area (Å²) in [6.07, 6.45) is 0. The van der Waals surface area contributed by atoms with E-state index in [1.807, 2.05) is 0 Å². The van der Waals surface area contributed by atoms with E-state index >= 15 is 0 Å². The maximum absolute atomic E-state index is 2.37. The van der Waals surface area contributed by atoms with E-state index in [4.69, 9.17) is 0 Å². The SMILES string of the molecule is CC1(C)c2ccccc2-c2ccc3cc4ccccc4cc3c21. The molecule has 0 radical (unpaired) electrons. The molecule has 0 saturated carbocycles. The molecule has 0 fully saturated rings. The average Bonchev–Trinajstić information content (AvgIpc) is 2.81. The molecule has 0 aromatic heterocycles. The predicted octanol–water partition coefficient (Wildman–Crippen LogP) is 6.30. The topological polar surface area (TPSA) is 0 Å². The van der Waals surface area contributed by atoms with Crippen LogP contribution in [-0.4, -0.2) is 0 Å². The smallest absolute Gasteiger partial charge is 0.0165 e. The van der Waals surface area contributed by atoms with Gasteiger partial charge < -0.3 is 0 Å². The monoisotopic (exact) mass is 294 g/mol. The first-order valence-electron chi connectivity index (χ1n) is 8.22. The van der Waals surface area contributed by atoms with Gasteiger partial charge in [0.15, 0.2) is 0 Å². The first-order chi connectivity index (χ1) is 11.2. The second kappa shape index (κ2) is 4.23. The molecule has 0 heterocycles.